The van der Waals surface area contributed by atoms with Crippen molar-refractivity contribution in [3.63, 3.8) is 0 Å². The Hall–Kier alpha value is -3.94. The zero-order valence-electron chi connectivity index (χ0n) is 18.5. The molecule has 15 heteroatoms. The van der Waals surface area contributed by atoms with Crippen molar-refractivity contribution in [2.45, 2.75) is 32.7 Å². The first-order valence-electron chi connectivity index (χ1n) is 10.1. The fourth-order valence-electron chi connectivity index (χ4n) is 3.06. The molecular weight excluding hydrogens is 517 g/mol. The summed E-state index contributed by atoms with van der Waals surface area (Å²) in [6.07, 6.45) is -7.37. The van der Waals surface area contributed by atoms with Crippen LogP contribution in [0, 0.1) is 11.6 Å². The summed E-state index contributed by atoms with van der Waals surface area (Å²) in [7, 11) is 0. The van der Waals surface area contributed by atoms with Crippen LogP contribution in [0.5, 0.6) is 5.75 Å². The summed E-state index contributed by atoms with van der Waals surface area (Å²) >= 11 is 5.86. The molecule has 0 aliphatic heterocycles. The van der Waals surface area contributed by atoms with E-state index in [1.165, 1.54) is 19.1 Å². The van der Waals surface area contributed by atoms with Crippen LogP contribution in [0.4, 0.5) is 27.6 Å². The zero-order chi connectivity index (χ0) is 26.9. The molecule has 0 aliphatic rings. The van der Waals surface area contributed by atoms with E-state index in [0.29, 0.717) is 23.7 Å². The van der Waals surface area contributed by atoms with Gasteiger partial charge in [0, 0.05) is 12.6 Å². The minimum absolute atomic E-state index is 0.0862. The highest BCUT2D eigenvalue weighted by Crippen LogP contribution is 2.32. The van der Waals surface area contributed by atoms with Gasteiger partial charge in [0.15, 0.2) is 6.10 Å². The summed E-state index contributed by atoms with van der Waals surface area (Å²) in [5.74, 6) is -6.00. The van der Waals surface area contributed by atoms with Crippen LogP contribution < -0.4 is 21.5 Å². The molecule has 0 saturated carbocycles. The van der Waals surface area contributed by atoms with Crippen LogP contribution in [0.3, 0.4) is 0 Å². The molecule has 1 atom stereocenters. The molecule has 3 N–H and O–H groups in total. The van der Waals surface area contributed by atoms with Gasteiger partial charge in [-0.2, -0.15) is 17.9 Å². The van der Waals surface area contributed by atoms with Gasteiger partial charge < -0.3 is 15.8 Å². The van der Waals surface area contributed by atoms with Crippen LogP contribution in [0.1, 0.15) is 34.8 Å². The minimum Gasteiger partial charge on any atom is -0.480 e. The molecule has 0 radical (unpaired) electrons. The fourth-order valence-corrected chi connectivity index (χ4v) is 3.27. The number of primary amides is 1. The second kappa shape index (κ2) is 9.97. The largest absolute Gasteiger partial charge is 0.480 e. The van der Waals surface area contributed by atoms with E-state index in [2.05, 4.69) is 10.4 Å². The van der Waals surface area contributed by atoms with Gasteiger partial charge in [-0.25, -0.2) is 13.6 Å². The molecule has 2 aromatic carbocycles. The van der Waals surface area contributed by atoms with E-state index in [4.69, 9.17) is 22.1 Å². The molecule has 36 heavy (non-hydrogen) atoms. The molecule has 9 nitrogen and oxygen atoms in total. The Bertz CT molecular complexity index is 1380. The number of carbonyl (C=O) groups is 2. The first kappa shape index (κ1) is 26.7. The van der Waals surface area contributed by atoms with Crippen molar-refractivity contribution < 1.29 is 36.3 Å². The lowest BCUT2D eigenvalue weighted by molar-refractivity contribution is -0.189. The Labute approximate surface area is 204 Å². The van der Waals surface area contributed by atoms with Crippen LogP contribution in [0.15, 0.2) is 35.1 Å². The Kier molecular flexibility index (Phi) is 7.38. The van der Waals surface area contributed by atoms with Gasteiger partial charge in [0.25, 0.3) is 11.8 Å². The van der Waals surface area contributed by atoms with Gasteiger partial charge >= 0.3 is 11.9 Å². The summed E-state index contributed by atoms with van der Waals surface area (Å²) in [5.41, 5.74) is 2.13. The quantitative estimate of drug-likeness (QED) is 0.449. The first-order valence-corrected chi connectivity index (χ1v) is 10.5. The van der Waals surface area contributed by atoms with Gasteiger partial charge in [0.05, 0.1) is 16.3 Å². The highest BCUT2D eigenvalue weighted by Gasteiger charge is 2.39. The number of hydrogen-bond acceptors (Lipinski definition) is 5. The Morgan fingerprint density at radius 3 is 2.42 bits per heavy atom. The number of nitrogens with one attached hydrogen (secondary N) is 1. The van der Waals surface area contributed by atoms with E-state index in [0.717, 1.165) is 10.6 Å². The lowest BCUT2D eigenvalue weighted by Crippen LogP contribution is -2.32. The zero-order valence-corrected chi connectivity index (χ0v) is 19.2. The number of rotatable bonds is 7. The Morgan fingerprint density at radius 2 is 1.89 bits per heavy atom. The van der Waals surface area contributed by atoms with E-state index < -0.39 is 69.9 Å². The molecular formula is C21H17ClF5N5O4. The lowest BCUT2D eigenvalue weighted by atomic mass is 10.1. The number of para-hydroxylation sites is 1. The van der Waals surface area contributed by atoms with E-state index in [1.54, 1.807) is 0 Å². The number of carbonyl (C=O) groups excluding carboxylic acids is 2. The average molecular weight is 534 g/mol. The molecule has 3 aromatic rings. The number of amides is 2. The van der Waals surface area contributed by atoms with Gasteiger partial charge in [-0.15, -0.1) is 5.10 Å². The van der Waals surface area contributed by atoms with E-state index in [9.17, 15) is 31.9 Å². The topological polar surface area (TPSA) is 121 Å². The maximum atomic E-state index is 15.1. The molecule has 0 saturated heterocycles. The number of benzene rings is 2. The molecule has 1 heterocycles. The van der Waals surface area contributed by atoms with Crippen molar-refractivity contribution in [2.75, 3.05) is 5.32 Å². The van der Waals surface area contributed by atoms with E-state index in [-0.39, 0.29) is 11.6 Å². The lowest BCUT2D eigenvalue weighted by Gasteiger charge is -2.20. The molecule has 0 spiro atoms. The third-order valence-corrected chi connectivity index (χ3v) is 5.20. The maximum absolute atomic E-state index is 15.1. The first-order chi connectivity index (χ1) is 16.8. The average Bonchev–Trinajstić information content (AvgIpc) is 3.12. The van der Waals surface area contributed by atoms with Crippen molar-refractivity contribution in [1.29, 1.82) is 0 Å². The predicted molar refractivity (Wildman–Crippen MR) is 117 cm³/mol. The van der Waals surface area contributed by atoms with Crippen molar-refractivity contribution in [1.82, 2.24) is 14.3 Å². The van der Waals surface area contributed by atoms with Gasteiger partial charge in [0.1, 0.15) is 23.1 Å². The van der Waals surface area contributed by atoms with Crippen LogP contribution in [0.2, 0.25) is 5.02 Å². The fraction of sp³-hybridized carbons (Fsp3) is 0.238. The summed E-state index contributed by atoms with van der Waals surface area (Å²) in [5, 5.41) is 5.48. The number of ether oxygens (including phenoxy) is 1. The number of nitrogens with zero attached hydrogens (tertiary/aromatic N) is 3. The van der Waals surface area contributed by atoms with Gasteiger partial charge in [0.2, 0.25) is 5.82 Å². The molecule has 1 aromatic heterocycles. The normalized spacial score (nSPS) is 12.3. The summed E-state index contributed by atoms with van der Waals surface area (Å²) in [6, 6.07) is 4.53. The second-order valence-electron chi connectivity index (χ2n) is 7.28. The third-order valence-electron chi connectivity index (χ3n) is 4.89. The number of halogens is 6. The van der Waals surface area contributed by atoms with Crippen LogP contribution in [-0.4, -0.2) is 38.4 Å². The molecule has 192 valence electrons. The van der Waals surface area contributed by atoms with Gasteiger partial charge in [-0.3, -0.25) is 14.2 Å². The molecule has 0 fully saturated rings. The highest BCUT2D eigenvalue weighted by molar-refractivity contribution is 6.34. The number of alkyl halides is 3. The van der Waals surface area contributed by atoms with Gasteiger partial charge in [-0.05, 0) is 32.0 Å². The molecule has 0 aliphatic carbocycles. The van der Waals surface area contributed by atoms with Gasteiger partial charge in [-0.1, -0.05) is 17.7 Å². The molecule has 3 rings (SSSR count). The third kappa shape index (κ3) is 5.17. The predicted octanol–water partition coefficient (Wildman–Crippen LogP) is 3.67. The van der Waals surface area contributed by atoms with Crippen molar-refractivity contribution >= 4 is 29.1 Å². The highest BCUT2D eigenvalue weighted by atomic mass is 35.5. The molecule has 1 unspecified atom stereocenters. The Balaban J connectivity index is 2.18. The van der Waals surface area contributed by atoms with Crippen molar-refractivity contribution in [2.24, 2.45) is 5.73 Å². The van der Waals surface area contributed by atoms with Crippen LogP contribution in [-0.2, 0) is 6.54 Å². The second-order valence-corrected chi connectivity index (χ2v) is 7.69. The van der Waals surface area contributed by atoms with Crippen molar-refractivity contribution in [3.8, 4) is 11.4 Å². The Morgan fingerprint density at radius 1 is 1.22 bits per heavy atom. The summed E-state index contributed by atoms with van der Waals surface area (Å²) < 4.78 is 74.8. The smallest absolute Gasteiger partial charge is 0.425 e. The number of aromatic nitrogens is 3. The number of nitrogens with two attached hydrogens (primary N) is 1. The van der Waals surface area contributed by atoms with Crippen LogP contribution >= 0.6 is 11.6 Å². The maximum Gasteiger partial charge on any atom is 0.425 e. The number of anilines is 1. The standard InChI is InChI=1S/C21H17ClF5N5O4/c1-3-31-18(17(28)33)30-32(20(31)35)14-8-15(36-9(2)21(25,26)27)10(7-13(14)24)19(34)29-16-11(22)5-4-6-12(16)23/h4-9H,3H2,1-2H3,(H2,28,33)(H,29,34). The van der Waals surface area contributed by atoms with Crippen LogP contribution in [0.25, 0.3) is 5.69 Å². The van der Waals surface area contributed by atoms with E-state index >= 15 is 4.39 Å². The molecule has 0 bridgehead atoms. The summed E-state index contributed by atoms with van der Waals surface area (Å²) in [4.78, 5) is 37.1. The minimum atomic E-state index is -4.89. The molecule has 2 amide bonds. The van der Waals surface area contributed by atoms with Crippen molar-refractivity contribution in [3.05, 3.63) is 68.9 Å². The number of hydrogen-bond donors (Lipinski definition) is 2. The van der Waals surface area contributed by atoms with E-state index in [1.807, 2.05) is 0 Å². The summed E-state index contributed by atoms with van der Waals surface area (Å²) in [6.45, 7) is 2.01. The SMILES string of the molecule is CCn1c(C(N)=O)nn(-c2cc(OC(C)C(F)(F)F)c(C(=O)Nc3c(F)cccc3Cl)cc2F)c1=O. The monoisotopic (exact) mass is 533 g/mol.